The van der Waals surface area contributed by atoms with Gasteiger partial charge in [0.1, 0.15) is 6.16 Å². The van der Waals surface area contributed by atoms with E-state index in [1.165, 1.54) is 11.3 Å². The molecule has 22 heavy (non-hydrogen) atoms. The molecule has 6 nitrogen and oxygen atoms in total. The molecule has 0 radical (unpaired) electrons. The number of amides is 1. The number of hydrogen-bond donors (Lipinski definition) is 1. The van der Waals surface area contributed by atoms with Crippen LogP contribution >= 0.6 is 30.3 Å². The Bertz CT molecular complexity index is 647. The maximum atomic E-state index is 12.3. The SMILES string of the molecule is CCOP(=O)(CC(=O)Nc1nc(-c2cccs2)cs1)OCC. The monoisotopic (exact) mass is 360 g/mol. The van der Waals surface area contributed by atoms with Crippen LogP contribution in [0.1, 0.15) is 13.8 Å². The number of carbonyl (C=O) groups excluding carboxylic acids is 1. The minimum absolute atomic E-state index is 0.227. The molecule has 0 unspecified atom stereocenters. The van der Waals surface area contributed by atoms with Gasteiger partial charge in [-0.2, -0.15) is 0 Å². The summed E-state index contributed by atoms with van der Waals surface area (Å²) in [5.41, 5.74) is 0.813. The van der Waals surface area contributed by atoms with Gasteiger partial charge in [-0.25, -0.2) is 4.98 Å². The molecular weight excluding hydrogens is 343 g/mol. The van der Waals surface area contributed by atoms with E-state index in [9.17, 15) is 9.36 Å². The van der Waals surface area contributed by atoms with Crippen LogP contribution in [0.2, 0.25) is 0 Å². The largest absolute Gasteiger partial charge is 0.340 e. The molecule has 0 atom stereocenters. The van der Waals surface area contributed by atoms with Crippen LogP contribution in [0.15, 0.2) is 22.9 Å². The Labute approximate surface area is 137 Å². The summed E-state index contributed by atoms with van der Waals surface area (Å²) in [6.07, 6.45) is -0.317. The van der Waals surface area contributed by atoms with Crippen LogP contribution < -0.4 is 5.32 Å². The molecule has 0 aliphatic carbocycles. The van der Waals surface area contributed by atoms with Crippen LogP contribution in [0.3, 0.4) is 0 Å². The van der Waals surface area contributed by atoms with Gasteiger partial charge in [-0.1, -0.05) is 6.07 Å². The Morgan fingerprint density at radius 1 is 1.32 bits per heavy atom. The number of aromatic nitrogens is 1. The molecule has 0 aliphatic heterocycles. The van der Waals surface area contributed by atoms with Gasteiger partial charge in [0.15, 0.2) is 5.13 Å². The second-order valence-corrected chi connectivity index (χ2v) is 8.03. The van der Waals surface area contributed by atoms with Crippen LogP contribution in [0, 0.1) is 0 Å². The molecular formula is C13H17N2O4PS2. The Morgan fingerprint density at radius 2 is 2.05 bits per heavy atom. The Hall–Kier alpha value is -1.05. The van der Waals surface area contributed by atoms with Crippen molar-refractivity contribution in [3.05, 3.63) is 22.9 Å². The smallest absolute Gasteiger partial charge is 0.309 e. The first-order chi connectivity index (χ1) is 10.6. The maximum Gasteiger partial charge on any atom is 0.340 e. The van der Waals surface area contributed by atoms with Crippen molar-refractivity contribution < 1.29 is 18.4 Å². The number of thiophene rings is 1. The molecule has 0 saturated heterocycles. The highest BCUT2D eigenvalue weighted by molar-refractivity contribution is 7.54. The molecule has 0 aromatic carbocycles. The van der Waals surface area contributed by atoms with Crippen LogP contribution in [0.5, 0.6) is 0 Å². The average Bonchev–Trinajstić information content (AvgIpc) is 3.08. The lowest BCUT2D eigenvalue weighted by molar-refractivity contribution is -0.114. The van der Waals surface area contributed by atoms with Gasteiger partial charge in [-0.3, -0.25) is 9.36 Å². The van der Waals surface area contributed by atoms with Crippen molar-refractivity contribution in [3.63, 3.8) is 0 Å². The molecule has 2 aromatic heterocycles. The van der Waals surface area contributed by atoms with Crippen LogP contribution in [0.4, 0.5) is 5.13 Å². The molecule has 2 heterocycles. The predicted molar refractivity (Wildman–Crippen MR) is 89.8 cm³/mol. The number of nitrogens with zero attached hydrogens (tertiary/aromatic N) is 1. The van der Waals surface area contributed by atoms with Gasteiger partial charge >= 0.3 is 7.60 Å². The minimum Gasteiger partial charge on any atom is -0.309 e. The van der Waals surface area contributed by atoms with E-state index < -0.39 is 13.5 Å². The number of rotatable bonds is 8. The average molecular weight is 360 g/mol. The van der Waals surface area contributed by atoms with E-state index in [1.807, 2.05) is 22.9 Å². The third kappa shape index (κ3) is 4.72. The second kappa shape index (κ2) is 7.99. The van der Waals surface area contributed by atoms with E-state index in [-0.39, 0.29) is 19.4 Å². The number of carbonyl (C=O) groups is 1. The van der Waals surface area contributed by atoms with E-state index in [4.69, 9.17) is 9.05 Å². The van der Waals surface area contributed by atoms with Crippen molar-refractivity contribution in [2.45, 2.75) is 13.8 Å². The predicted octanol–water partition coefficient (Wildman–Crippen LogP) is 4.08. The summed E-state index contributed by atoms with van der Waals surface area (Å²) in [5, 5.41) is 6.94. The second-order valence-electron chi connectivity index (χ2n) is 4.17. The summed E-state index contributed by atoms with van der Waals surface area (Å²) in [5.74, 6) is -0.433. The van der Waals surface area contributed by atoms with E-state index in [0.29, 0.717) is 5.13 Å². The standard InChI is InChI=1S/C13H17N2O4PS2/c1-3-18-20(17,19-4-2)8-12(16)15-13-14-10(9-22-13)11-6-5-7-21-11/h5-7,9H,3-4,8H2,1-2H3,(H,14,15,16). The normalized spacial score (nSPS) is 11.5. The highest BCUT2D eigenvalue weighted by atomic mass is 32.1. The third-order valence-corrected chi connectivity index (χ3v) is 6.14. The van der Waals surface area contributed by atoms with Crippen molar-refractivity contribution in [2.24, 2.45) is 0 Å². The van der Waals surface area contributed by atoms with Gasteiger partial charge < -0.3 is 14.4 Å². The topological polar surface area (TPSA) is 77.5 Å². The first-order valence-electron chi connectivity index (χ1n) is 6.73. The van der Waals surface area contributed by atoms with Crippen molar-refractivity contribution >= 4 is 41.3 Å². The number of thiazole rings is 1. The molecule has 0 saturated carbocycles. The fourth-order valence-corrected chi connectivity index (χ4v) is 4.69. The number of hydrogen-bond acceptors (Lipinski definition) is 7. The van der Waals surface area contributed by atoms with Gasteiger partial charge in [0, 0.05) is 5.38 Å². The van der Waals surface area contributed by atoms with Crippen molar-refractivity contribution in [2.75, 3.05) is 24.7 Å². The Morgan fingerprint density at radius 3 is 2.64 bits per heavy atom. The fourth-order valence-electron chi connectivity index (χ4n) is 1.73. The number of nitrogens with one attached hydrogen (secondary N) is 1. The first-order valence-corrected chi connectivity index (χ1v) is 10.2. The highest BCUT2D eigenvalue weighted by Gasteiger charge is 2.28. The first kappa shape index (κ1) is 17.3. The highest BCUT2D eigenvalue weighted by Crippen LogP contribution is 2.47. The zero-order valence-corrected chi connectivity index (χ0v) is 14.8. The summed E-state index contributed by atoms with van der Waals surface area (Å²) in [6.45, 7) is 3.87. The van der Waals surface area contributed by atoms with Gasteiger partial charge in [0.2, 0.25) is 5.91 Å². The van der Waals surface area contributed by atoms with Crippen molar-refractivity contribution in [3.8, 4) is 10.6 Å². The fraction of sp³-hybridized carbons (Fsp3) is 0.385. The zero-order chi connectivity index (χ0) is 16.0. The lowest BCUT2D eigenvalue weighted by Crippen LogP contribution is -2.18. The molecule has 0 aliphatic rings. The molecule has 1 N–H and O–H groups in total. The maximum absolute atomic E-state index is 12.3. The Balaban J connectivity index is 1.98. The summed E-state index contributed by atoms with van der Waals surface area (Å²) in [4.78, 5) is 17.4. The Kier molecular flexibility index (Phi) is 6.28. The van der Waals surface area contributed by atoms with Crippen LogP contribution in [0.25, 0.3) is 10.6 Å². The van der Waals surface area contributed by atoms with E-state index in [0.717, 1.165) is 10.6 Å². The number of anilines is 1. The molecule has 0 fully saturated rings. The van der Waals surface area contributed by atoms with Crippen molar-refractivity contribution in [1.82, 2.24) is 4.98 Å². The van der Waals surface area contributed by atoms with E-state index in [1.54, 1.807) is 25.2 Å². The van der Waals surface area contributed by atoms with Crippen LogP contribution in [-0.4, -0.2) is 30.3 Å². The molecule has 120 valence electrons. The van der Waals surface area contributed by atoms with Gasteiger partial charge in [-0.15, -0.1) is 22.7 Å². The molecule has 0 spiro atoms. The zero-order valence-electron chi connectivity index (χ0n) is 12.3. The van der Waals surface area contributed by atoms with E-state index >= 15 is 0 Å². The third-order valence-electron chi connectivity index (χ3n) is 2.51. The molecule has 2 aromatic rings. The van der Waals surface area contributed by atoms with Gasteiger partial charge in [-0.05, 0) is 25.3 Å². The van der Waals surface area contributed by atoms with Crippen molar-refractivity contribution in [1.29, 1.82) is 0 Å². The van der Waals surface area contributed by atoms with Crippen LogP contribution in [-0.2, 0) is 18.4 Å². The lowest BCUT2D eigenvalue weighted by Gasteiger charge is -2.15. The molecule has 0 bridgehead atoms. The quantitative estimate of drug-likeness (QED) is 0.718. The van der Waals surface area contributed by atoms with Gasteiger partial charge in [0.05, 0.1) is 23.8 Å². The van der Waals surface area contributed by atoms with E-state index in [2.05, 4.69) is 10.3 Å². The minimum atomic E-state index is -3.39. The lowest BCUT2D eigenvalue weighted by atomic mass is 10.4. The summed E-state index contributed by atoms with van der Waals surface area (Å²) in [6, 6.07) is 3.90. The molecule has 1 amide bonds. The molecule has 9 heteroatoms. The summed E-state index contributed by atoms with van der Waals surface area (Å²) in [7, 11) is -3.39. The summed E-state index contributed by atoms with van der Waals surface area (Å²) < 4.78 is 22.5. The van der Waals surface area contributed by atoms with Gasteiger partial charge in [0.25, 0.3) is 0 Å². The summed E-state index contributed by atoms with van der Waals surface area (Å²) >= 11 is 2.90. The molecule has 2 rings (SSSR count).